The smallest absolute Gasteiger partial charge is 0.255 e. The summed E-state index contributed by atoms with van der Waals surface area (Å²) in [4.78, 5) is 14.2. The van der Waals surface area contributed by atoms with Crippen molar-refractivity contribution < 1.29 is 4.79 Å². The molecule has 3 rings (SSSR count). The van der Waals surface area contributed by atoms with Gasteiger partial charge < -0.3 is 15.5 Å². The van der Waals surface area contributed by atoms with E-state index in [1.807, 2.05) is 18.2 Å². The standard InChI is InChI=1S/C12H14ClN3O/c13-9-3-1-2-8-11(9)16-7-6-14-5-4-10(16)15-12(8)17/h1-3,10,14H,4-7H2,(H,15,17)/t10-/m1/s1. The van der Waals surface area contributed by atoms with E-state index in [9.17, 15) is 4.79 Å². The molecule has 0 saturated carbocycles. The SMILES string of the molecule is O=C1N[C@H]2CCNCCN2c2c(Cl)cccc21. The molecular formula is C12H14ClN3O. The molecule has 1 aromatic carbocycles. The highest BCUT2D eigenvalue weighted by atomic mass is 35.5. The number of carbonyl (C=O) groups is 1. The van der Waals surface area contributed by atoms with Crippen molar-refractivity contribution in [3.8, 4) is 0 Å². The molecule has 0 radical (unpaired) electrons. The van der Waals surface area contributed by atoms with Gasteiger partial charge in [-0.1, -0.05) is 17.7 Å². The number of hydrogen-bond acceptors (Lipinski definition) is 3. The molecule has 17 heavy (non-hydrogen) atoms. The summed E-state index contributed by atoms with van der Waals surface area (Å²) in [6, 6.07) is 5.48. The van der Waals surface area contributed by atoms with Crippen LogP contribution in [0, 0.1) is 0 Å². The largest absolute Gasteiger partial charge is 0.348 e. The summed E-state index contributed by atoms with van der Waals surface area (Å²) in [5.74, 6) is -0.0225. The molecule has 1 saturated heterocycles. The number of anilines is 1. The number of hydrogen-bond donors (Lipinski definition) is 2. The van der Waals surface area contributed by atoms with E-state index in [4.69, 9.17) is 11.6 Å². The van der Waals surface area contributed by atoms with Gasteiger partial charge in [0.1, 0.15) is 6.17 Å². The molecule has 0 aliphatic carbocycles. The van der Waals surface area contributed by atoms with Gasteiger partial charge in [-0.3, -0.25) is 4.79 Å². The maximum atomic E-state index is 12.0. The Kier molecular flexibility index (Phi) is 2.68. The number of rotatable bonds is 0. The van der Waals surface area contributed by atoms with Gasteiger partial charge >= 0.3 is 0 Å². The van der Waals surface area contributed by atoms with Crippen molar-refractivity contribution in [1.29, 1.82) is 0 Å². The van der Waals surface area contributed by atoms with Crippen LogP contribution in [0.3, 0.4) is 0 Å². The second kappa shape index (κ2) is 4.20. The molecular weight excluding hydrogens is 238 g/mol. The average molecular weight is 252 g/mol. The Morgan fingerprint density at radius 1 is 1.35 bits per heavy atom. The fraction of sp³-hybridized carbons (Fsp3) is 0.417. The third-order valence-electron chi connectivity index (χ3n) is 3.32. The number of nitrogens with one attached hydrogen (secondary N) is 2. The highest BCUT2D eigenvalue weighted by Gasteiger charge is 2.32. The molecule has 2 heterocycles. The lowest BCUT2D eigenvalue weighted by molar-refractivity contribution is 0.0926. The first-order chi connectivity index (χ1) is 8.27. The number of nitrogens with zero attached hydrogens (tertiary/aromatic N) is 1. The molecule has 5 heteroatoms. The predicted molar refractivity (Wildman–Crippen MR) is 67.5 cm³/mol. The molecule has 0 unspecified atom stereocenters. The molecule has 1 fully saturated rings. The number of carbonyl (C=O) groups excluding carboxylic acids is 1. The second-order valence-corrected chi connectivity index (χ2v) is 4.76. The molecule has 1 aromatic rings. The van der Waals surface area contributed by atoms with Gasteiger partial charge in [0.05, 0.1) is 16.3 Å². The van der Waals surface area contributed by atoms with E-state index in [2.05, 4.69) is 15.5 Å². The molecule has 0 spiro atoms. The van der Waals surface area contributed by atoms with Crippen LogP contribution in [0.4, 0.5) is 5.69 Å². The summed E-state index contributed by atoms with van der Waals surface area (Å²) in [5, 5.41) is 7.02. The van der Waals surface area contributed by atoms with E-state index in [0.717, 1.165) is 31.7 Å². The summed E-state index contributed by atoms with van der Waals surface area (Å²) in [5.41, 5.74) is 1.56. The van der Waals surface area contributed by atoms with Crippen LogP contribution in [0.25, 0.3) is 0 Å². The number of para-hydroxylation sites is 1. The van der Waals surface area contributed by atoms with Crippen molar-refractivity contribution in [2.75, 3.05) is 24.5 Å². The van der Waals surface area contributed by atoms with Crippen molar-refractivity contribution in [3.63, 3.8) is 0 Å². The summed E-state index contributed by atoms with van der Waals surface area (Å²) in [6.45, 7) is 2.69. The fourth-order valence-electron chi connectivity index (χ4n) is 2.51. The minimum Gasteiger partial charge on any atom is -0.348 e. The Balaban J connectivity index is 2.10. The maximum Gasteiger partial charge on any atom is 0.255 e. The maximum absolute atomic E-state index is 12.0. The summed E-state index contributed by atoms with van der Waals surface area (Å²) in [6.07, 6.45) is 0.959. The van der Waals surface area contributed by atoms with Gasteiger partial charge in [0.25, 0.3) is 5.91 Å². The van der Waals surface area contributed by atoms with Crippen LogP contribution in [0.1, 0.15) is 16.8 Å². The Morgan fingerprint density at radius 2 is 2.24 bits per heavy atom. The third kappa shape index (κ3) is 1.77. The van der Waals surface area contributed by atoms with Gasteiger partial charge in [-0.2, -0.15) is 0 Å². The summed E-state index contributed by atoms with van der Waals surface area (Å²) < 4.78 is 0. The first kappa shape index (κ1) is 10.9. The van der Waals surface area contributed by atoms with Gasteiger partial charge in [0, 0.05) is 13.1 Å². The molecule has 0 bridgehead atoms. The lowest BCUT2D eigenvalue weighted by Gasteiger charge is -2.38. The minimum absolute atomic E-state index is 0.0225. The van der Waals surface area contributed by atoms with Crippen LogP contribution in [-0.4, -0.2) is 31.7 Å². The number of halogens is 1. The van der Waals surface area contributed by atoms with E-state index >= 15 is 0 Å². The summed E-state index contributed by atoms with van der Waals surface area (Å²) >= 11 is 6.24. The van der Waals surface area contributed by atoms with E-state index in [0.29, 0.717) is 10.6 Å². The molecule has 4 nitrogen and oxygen atoms in total. The third-order valence-corrected chi connectivity index (χ3v) is 3.62. The monoisotopic (exact) mass is 251 g/mol. The zero-order valence-corrected chi connectivity index (χ0v) is 10.1. The van der Waals surface area contributed by atoms with E-state index in [1.54, 1.807) is 0 Å². The quantitative estimate of drug-likeness (QED) is 0.729. The molecule has 1 atom stereocenters. The van der Waals surface area contributed by atoms with Crippen molar-refractivity contribution >= 4 is 23.2 Å². The normalized spacial score (nSPS) is 23.5. The molecule has 2 aliphatic rings. The van der Waals surface area contributed by atoms with Crippen LogP contribution >= 0.6 is 11.6 Å². The van der Waals surface area contributed by atoms with Crippen LogP contribution in [0.2, 0.25) is 5.02 Å². The Bertz CT molecular complexity index is 463. The minimum atomic E-state index is -0.0225. The van der Waals surface area contributed by atoms with Crippen molar-refractivity contribution in [2.45, 2.75) is 12.6 Å². The van der Waals surface area contributed by atoms with Crippen LogP contribution < -0.4 is 15.5 Å². The zero-order valence-electron chi connectivity index (χ0n) is 9.37. The predicted octanol–water partition coefficient (Wildman–Crippen LogP) is 1.21. The highest BCUT2D eigenvalue weighted by molar-refractivity contribution is 6.34. The van der Waals surface area contributed by atoms with Gasteiger partial charge in [-0.25, -0.2) is 0 Å². The molecule has 1 amide bonds. The second-order valence-electron chi connectivity index (χ2n) is 4.36. The van der Waals surface area contributed by atoms with Crippen LogP contribution in [0.5, 0.6) is 0 Å². The van der Waals surface area contributed by atoms with Crippen molar-refractivity contribution in [3.05, 3.63) is 28.8 Å². The Hall–Kier alpha value is -1.26. The fourth-order valence-corrected chi connectivity index (χ4v) is 2.80. The molecule has 0 aromatic heterocycles. The first-order valence-corrected chi connectivity index (χ1v) is 6.22. The van der Waals surface area contributed by atoms with Gasteiger partial charge in [-0.15, -0.1) is 0 Å². The number of amides is 1. The van der Waals surface area contributed by atoms with Crippen LogP contribution in [0.15, 0.2) is 18.2 Å². The molecule has 2 N–H and O–H groups in total. The van der Waals surface area contributed by atoms with E-state index in [1.165, 1.54) is 0 Å². The number of benzene rings is 1. The average Bonchev–Trinajstić information content (AvgIpc) is 2.55. The Morgan fingerprint density at radius 3 is 3.12 bits per heavy atom. The zero-order chi connectivity index (χ0) is 11.8. The van der Waals surface area contributed by atoms with Gasteiger partial charge in [0.2, 0.25) is 0 Å². The van der Waals surface area contributed by atoms with E-state index < -0.39 is 0 Å². The summed E-state index contributed by atoms with van der Waals surface area (Å²) in [7, 11) is 0. The lowest BCUT2D eigenvalue weighted by atomic mass is 10.1. The van der Waals surface area contributed by atoms with E-state index in [-0.39, 0.29) is 12.1 Å². The molecule has 2 aliphatic heterocycles. The Labute approximate surface area is 105 Å². The van der Waals surface area contributed by atoms with Crippen molar-refractivity contribution in [1.82, 2.24) is 10.6 Å². The topological polar surface area (TPSA) is 44.4 Å². The van der Waals surface area contributed by atoms with Gasteiger partial charge in [0.15, 0.2) is 0 Å². The number of fused-ring (bicyclic) bond motifs is 3. The highest BCUT2D eigenvalue weighted by Crippen LogP contribution is 2.34. The van der Waals surface area contributed by atoms with Crippen LogP contribution in [-0.2, 0) is 0 Å². The lowest BCUT2D eigenvalue weighted by Crippen LogP contribution is -2.53. The van der Waals surface area contributed by atoms with Crippen molar-refractivity contribution in [2.24, 2.45) is 0 Å². The first-order valence-electron chi connectivity index (χ1n) is 5.84. The van der Waals surface area contributed by atoms with Gasteiger partial charge in [-0.05, 0) is 25.1 Å². The molecule has 90 valence electrons.